The van der Waals surface area contributed by atoms with Crippen LogP contribution in [0.1, 0.15) is 0 Å². The van der Waals surface area contributed by atoms with Crippen molar-refractivity contribution in [1.82, 2.24) is 4.98 Å². The first kappa shape index (κ1) is 14.0. The van der Waals surface area contributed by atoms with Crippen molar-refractivity contribution >= 4 is 18.7 Å². The van der Waals surface area contributed by atoms with Crippen LogP contribution in [0.2, 0.25) is 0 Å². The molecule has 0 saturated carbocycles. The van der Waals surface area contributed by atoms with E-state index < -0.39 is 20.5 Å². The molecule has 19 heavy (non-hydrogen) atoms. The largest absolute Gasteiger partial charge is 0.476 e. The van der Waals surface area contributed by atoms with Gasteiger partial charge in [-0.15, -0.1) is 0 Å². The zero-order chi connectivity index (χ0) is 13.9. The number of aromatic amines is 1. The average Bonchev–Trinajstić information content (AvgIpc) is 2.75. The van der Waals surface area contributed by atoms with Crippen molar-refractivity contribution < 1.29 is 28.7 Å². The standard InChI is InChI=1S/C11H14NO6P/c13-9(7-18-19(14,15)16)6-17-11-5-8-3-1-2-4-10(8)12-11/h1-5,9,12-13H,6-7H2,(H2,14,15,16). The van der Waals surface area contributed by atoms with E-state index in [0.717, 1.165) is 10.9 Å². The van der Waals surface area contributed by atoms with E-state index in [9.17, 15) is 9.67 Å². The molecule has 0 aliphatic carbocycles. The van der Waals surface area contributed by atoms with Gasteiger partial charge in [-0.2, -0.15) is 0 Å². The predicted octanol–water partition coefficient (Wildman–Crippen LogP) is 1.02. The van der Waals surface area contributed by atoms with E-state index in [1.807, 2.05) is 24.3 Å². The second-order valence-electron chi connectivity index (χ2n) is 3.97. The number of phosphoric ester groups is 1. The highest BCUT2D eigenvalue weighted by Gasteiger charge is 2.17. The fourth-order valence-electron chi connectivity index (χ4n) is 1.54. The molecule has 7 nitrogen and oxygen atoms in total. The van der Waals surface area contributed by atoms with E-state index in [4.69, 9.17) is 14.5 Å². The molecule has 4 N–H and O–H groups in total. The summed E-state index contributed by atoms with van der Waals surface area (Å²) in [5, 5.41) is 10.4. The number of aliphatic hydroxyl groups excluding tert-OH is 1. The second kappa shape index (κ2) is 5.73. The number of hydrogen-bond donors (Lipinski definition) is 4. The minimum absolute atomic E-state index is 0.132. The van der Waals surface area contributed by atoms with Crippen LogP contribution in [0.15, 0.2) is 30.3 Å². The number of fused-ring (bicyclic) bond motifs is 1. The van der Waals surface area contributed by atoms with Crippen LogP contribution in [0.5, 0.6) is 5.88 Å². The molecule has 1 aromatic heterocycles. The van der Waals surface area contributed by atoms with Crippen molar-refractivity contribution in [3.8, 4) is 5.88 Å². The topological polar surface area (TPSA) is 112 Å². The summed E-state index contributed by atoms with van der Waals surface area (Å²) in [6, 6.07) is 9.33. The van der Waals surface area contributed by atoms with Crippen LogP contribution < -0.4 is 4.74 Å². The molecule has 0 fully saturated rings. The number of hydrogen-bond acceptors (Lipinski definition) is 4. The van der Waals surface area contributed by atoms with Gasteiger partial charge in [0.15, 0.2) is 5.88 Å². The number of para-hydroxylation sites is 1. The van der Waals surface area contributed by atoms with Gasteiger partial charge in [-0.1, -0.05) is 18.2 Å². The van der Waals surface area contributed by atoms with E-state index in [2.05, 4.69) is 9.51 Å². The second-order valence-corrected chi connectivity index (χ2v) is 5.21. The van der Waals surface area contributed by atoms with Crippen LogP contribution in [0.4, 0.5) is 0 Å². The van der Waals surface area contributed by atoms with Gasteiger partial charge in [0.2, 0.25) is 0 Å². The Balaban J connectivity index is 1.86. The molecule has 0 bridgehead atoms. The molecule has 2 rings (SSSR count). The third-order valence-electron chi connectivity index (χ3n) is 2.37. The number of benzene rings is 1. The Kier molecular flexibility index (Phi) is 4.24. The molecule has 1 aromatic carbocycles. The molecule has 0 aliphatic rings. The van der Waals surface area contributed by atoms with Gasteiger partial charge in [-0.25, -0.2) is 4.57 Å². The Morgan fingerprint density at radius 2 is 2.00 bits per heavy atom. The molecule has 1 atom stereocenters. The van der Waals surface area contributed by atoms with Gasteiger partial charge in [0, 0.05) is 17.0 Å². The SMILES string of the molecule is O=P(O)(O)OCC(O)COc1cc2ccccc2[nH]1. The van der Waals surface area contributed by atoms with Crippen LogP contribution in [0.25, 0.3) is 10.9 Å². The van der Waals surface area contributed by atoms with Gasteiger partial charge in [-0.3, -0.25) is 4.52 Å². The number of aromatic nitrogens is 1. The minimum Gasteiger partial charge on any atom is -0.476 e. The number of rotatable bonds is 6. The Labute approximate surface area is 109 Å². The van der Waals surface area contributed by atoms with Crippen molar-refractivity contribution in [1.29, 1.82) is 0 Å². The number of ether oxygens (including phenoxy) is 1. The molecule has 8 heteroatoms. The first-order chi connectivity index (χ1) is 8.94. The van der Waals surface area contributed by atoms with Crippen molar-refractivity contribution in [2.24, 2.45) is 0 Å². The summed E-state index contributed by atoms with van der Waals surface area (Å²) >= 11 is 0. The van der Waals surface area contributed by atoms with Gasteiger partial charge in [0.1, 0.15) is 12.7 Å². The summed E-state index contributed by atoms with van der Waals surface area (Å²) in [6.07, 6.45) is -1.13. The van der Waals surface area contributed by atoms with Crippen LogP contribution in [-0.2, 0) is 9.09 Å². The number of H-pyrrole nitrogens is 1. The van der Waals surface area contributed by atoms with Crippen LogP contribution >= 0.6 is 7.82 Å². The monoisotopic (exact) mass is 287 g/mol. The van der Waals surface area contributed by atoms with Crippen molar-refractivity contribution in [3.63, 3.8) is 0 Å². The molecule has 0 spiro atoms. The van der Waals surface area contributed by atoms with Crippen molar-refractivity contribution in [3.05, 3.63) is 30.3 Å². The lowest BCUT2D eigenvalue weighted by Crippen LogP contribution is -2.22. The molecule has 0 amide bonds. The minimum atomic E-state index is -4.56. The van der Waals surface area contributed by atoms with Crippen LogP contribution in [-0.4, -0.2) is 39.2 Å². The molecule has 1 unspecified atom stereocenters. The van der Waals surface area contributed by atoms with E-state index in [1.165, 1.54) is 0 Å². The fraction of sp³-hybridized carbons (Fsp3) is 0.273. The number of aliphatic hydroxyl groups is 1. The van der Waals surface area contributed by atoms with Crippen molar-refractivity contribution in [2.75, 3.05) is 13.2 Å². The summed E-state index contributed by atoms with van der Waals surface area (Å²) < 4.78 is 19.9. The molecule has 0 aliphatic heterocycles. The maximum absolute atomic E-state index is 10.4. The zero-order valence-electron chi connectivity index (χ0n) is 9.89. The Morgan fingerprint density at radius 1 is 1.26 bits per heavy atom. The summed E-state index contributed by atoms with van der Waals surface area (Å²) in [5.74, 6) is 0.469. The van der Waals surface area contributed by atoms with E-state index >= 15 is 0 Å². The third kappa shape index (κ3) is 4.34. The maximum atomic E-state index is 10.4. The first-order valence-corrected chi connectivity index (χ1v) is 7.06. The van der Waals surface area contributed by atoms with Gasteiger partial charge < -0.3 is 24.6 Å². The molecule has 2 aromatic rings. The summed E-state index contributed by atoms with van der Waals surface area (Å²) in [5.41, 5.74) is 0.901. The van der Waals surface area contributed by atoms with Gasteiger partial charge in [0.25, 0.3) is 0 Å². The smallest absolute Gasteiger partial charge is 0.469 e. The lowest BCUT2D eigenvalue weighted by atomic mass is 10.3. The van der Waals surface area contributed by atoms with Gasteiger partial charge >= 0.3 is 7.82 Å². The summed E-state index contributed by atoms with van der Waals surface area (Å²) in [4.78, 5) is 20.0. The fourth-order valence-corrected chi connectivity index (χ4v) is 1.91. The third-order valence-corrected chi connectivity index (χ3v) is 2.86. The van der Waals surface area contributed by atoms with E-state index in [0.29, 0.717) is 5.88 Å². The summed E-state index contributed by atoms with van der Waals surface area (Å²) in [6.45, 7) is -0.628. The van der Waals surface area contributed by atoms with Crippen LogP contribution in [0, 0.1) is 0 Å². The lowest BCUT2D eigenvalue weighted by Gasteiger charge is -2.11. The first-order valence-electron chi connectivity index (χ1n) is 5.53. The Bertz CT molecular complexity index is 559. The lowest BCUT2D eigenvalue weighted by molar-refractivity contribution is 0.0485. The molecule has 0 radical (unpaired) electrons. The normalized spacial score (nSPS) is 13.6. The molecular weight excluding hydrogens is 273 g/mol. The highest BCUT2D eigenvalue weighted by molar-refractivity contribution is 7.46. The highest BCUT2D eigenvalue weighted by atomic mass is 31.2. The average molecular weight is 287 g/mol. The zero-order valence-corrected chi connectivity index (χ0v) is 10.8. The quantitative estimate of drug-likeness (QED) is 0.590. The number of phosphoric acid groups is 1. The van der Waals surface area contributed by atoms with E-state index in [-0.39, 0.29) is 6.61 Å². The van der Waals surface area contributed by atoms with Gasteiger partial charge in [-0.05, 0) is 6.07 Å². The summed E-state index contributed by atoms with van der Waals surface area (Å²) in [7, 11) is -4.56. The predicted molar refractivity (Wildman–Crippen MR) is 67.8 cm³/mol. The molecule has 104 valence electrons. The molecule has 0 saturated heterocycles. The Morgan fingerprint density at radius 3 is 2.68 bits per heavy atom. The van der Waals surface area contributed by atoms with Crippen LogP contribution in [0.3, 0.4) is 0 Å². The highest BCUT2D eigenvalue weighted by Crippen LogP contribution is 2.35. The maximum Gasteiger partial charge on any atom is 0.469 e. The molecular formula is C11H14NO6P. The van der Waals surface area contributed by atoms with E-state index in [1.54, 1.807) is 6.07 Å². The number of nitrogens with one attached hydrogen (secondary N) is 1. The molecule has 1 heterocycles. The Hall–Kier alpha value is -1.37. The van der Waals surface area contributed by atoms with Gasteiger partial charge in [0.05, 0.1) is 6.61 Å². The van der Waals surface area contributed by atoms with Crippen molar-refractivity contribution in [2.45, 2.75) is 6.10 Å².